The Balaban J connectivity index is 1.44. The molecule has 0 saturated carbocycles. The zero-order valence-corrected chi connectivity index (χ0v) is 13.2. The molecule has 1 aromatic heterocycles. The van der Waals surface area contributed by atoms with E-state index in [4.69, 9.17) is 0 Å². The van der Waals surface area contributed by atoms with Crippen LogP contribution in [0.5, 0.6) is 0 Å². The van der Waals surface area contributed by atoms with E-state index in [1.54, 1.807) is 0 Å². The first-order valence-electron chi connectivity index (χ1n) is 8.29. The summed E-state index contributed by atoms with van der Waals surface area (Å²) in [5, 5.41) is 7.76. The molecule has 1 amide bonds. The highest BCUT2D eigenvalue weighted by atomic mass is 16.1. The molecule has 0 aliphatic carbocycles. The van der Waals surface area contributed by atoms with Gasteiger partial charge in [-0.25, -0.2) is 0 Å². The average Bonchev–Trinajstić information content (AvgIpc) is 2.95. The largest absolute Gasteiger partial charge is 0.356 e. The Morgan fingerprint density at radius 3 is 3.09 bits per heavy atom. The number of hydrogen-bond donors (Lipinski definition) is 2. The zero-order chi connectivity index (χ0) is 15.4. The van der Waals surface area contributed by atoms with Crippen LogP contribution in [-0.2, 0) is 11.3 Å². The second-order valence-corrected chi connectivity index (χ2v) is 6.29. The molecular weight excluding hydrogens is 274 g/mol. The molecule has 0 radical (unpaired) electrons. The Morgan fingerprint density at radius 2 is 2.23 bits per heavy atom. The van der Waals surface area contributed by atoms with Crippen LogP contribution in [0.25, 0.3) is 10.9 Å². The van der Waals surface area contributed by atoms with Gasteiger partial charge < -0.3 is 15.2 Å². The number of carbonyl (C=O) groups excluding carboxylic acids is 1. The Hall–Kier alpha value is -1.81. The van der Waals surface area contributed by atoms with Gasteiger partial charge in [-0.2, -0.15) is 0 Å². The van der Waals surface area contributed by atoms with E-state index < -0.39 is 0 Å². The number of rotatable bonds is 5. The first-order valence-corrected chi connectivity index (χ1v) is 8.29. The number of nitrogens with zero attached hydrogens (tertiary/aromatic N) is 1. The van der Waals surface area contributed by atoms with Gasteiger partial charge in [-0.15, -0.1) is 0 Å². The molecule has 1 saturated heterocycles. The number of aromatic nitrogens is 1. The maximum atomic E-state index is 12.2. The number of benzene rings is 1. The molecule has 1 aliphatic heterocycles. The van der Waals surface area contributed by atoms with Crippen molar-refractivity contribution in [2.24, 2.45) is 5.92 Å². The summed E-state index contributed by atoms with van der Waals surface area (Å²) in [6.07, 6.45) is 5.00. The normalized spacial score (nSPS) is 21.9. The number of piperidine rings is 1. The molecule has 1 aromatic carbocycles. The van der Waals surface area contributed by atoms with Crippen molar-refractivity contribution in [3.63, 3.8) is 0 Å². The highest BCUT2D eigenvalue weighted by Gasteiger charge is 2.24. The molecule has 3 rings (SSSR count). The number of hydrogen-bond acceptors (Lipinski definition) is 2. The van der Waals surface area contributed by atoms with Gasteiger partial charge in [0.15, 0.2) is 0 Å². The summed E-state index contributed by atoms with van der Waals surface area (Å²) in [6.45, 7) is 4.80. The predicted octanol–water partition coefficient (Wildman–Crippen LogP) is 2.54. The van der Waals surface area contributed by atoms with Crippen molar-refractivity contribution in [3.05, 3.63) is 36.5 Å². The van der Waals surface area contributed by atoms with Crippen LogP contribution in [0, 0.1) is 5.92 Å². The van der Waals surface area contributed by atoms with Gasteiger partial charge in [-0.3, -0.25) is 4.79 Å². The Morgan fingerprint density at radius 1 is 1.36 bits per heavy atom. The minimum absolute atomic E-state index is 0.184. The SMILES string of the molecule is C[C@H]1C[C@@H](C(=O)NCCCn2ccc3ccccc32)CCN1. The minimum atomic E-state index is 0.184. The van der Waals surface area contributed by atoms with E-state index in [2.05, 4.69) is 58.7 Å². The summed E-state index contributed by atoms with van der Waals surface area (Å²) < 4.78 is 2.26. The molecule has 2 N–H and O–H groups in total. The lowest BCUT2D eigenvalue weighted by Gasteiger charge is -2.27. The third kappa shape index (κ3) is 3.50. The third-order valence-corrected chi connectivity index (χ3v) is 4.55. The lowest BCUT2D eigenvalue weighted by Crippen LogP contribution is -2.42. The minimum Gasteiger partial charge on any atom is -0.356 e. The van der Waals surface area contributed by atoms with Crippen molar-refractivity contribution < 1.29 is 4.79 Å². The monoisotopic (exact) mass is 299 g/mol. The van der Waals surface area contributed by atoms with Crippen molar-refractivity contribution in [2.75, 3.05) is 13.1 Å². The number of aryl methyl sites for hydroxylation is 1. The lowest BCUT2D eigenvalue weighted by molar-refractivity contribution is -0.126. The van der Waals surface area contributed by atoms with Crippen LogP contribution in [0.15, 0.2) is 36.5 Å². The molecule has 2 atom stereocenters. The second-order valence-electron chi connectivity index (χ2n) is 6.29. The van der Waals surface area contributed by atoms with E-state index in [0.717, 1.165) is 38.9 Å². The first kappa shape index (κ1) is 15.1. The van der Waals surface area contributed by atoms with Crippen LogP contribution in [0.2, 0.25) is 0 Å². The predicted molar refractivity (Wildman–Crippen MR) is 89.8 cm³/mol. The van der Waals surface area contributed by atoms with Crippen molar-refractivity contribution >= 4 is 16.8 Å². The Bertz CT molecular complexity index is 634. The Labute approximate surface area is 131 Å². The molecular formula is C18H25N3O. The summed E-state index contributed by atoms with van der Waals surface area (Å²) in [5.41, 5.74) is 1.26. The molecule has 1 fully saturated rings. The Kier molecular flexibility index (Phi) is 4.78. The van der Waals surface area contributed by atoms with Crippen LogP contribution >= 0.6 is 0 Å². The van der Waals surface area contributed by atoms with E-state index in [1.807, 2.05) is 0 Å². The topological polar surface area (TPSA) is 46.1 Å². The van der Waals surface area contributed by atoms with Crippen molar-refractivity contribution in [2.45, 2.75) is 38.8 Å². The van der Waals surface area contributed by atoms with Crippen LogP contribution in [-0.4, -0.2) is 29.6 Å². The van der Waals surface area contributed by atoms with Crippen LogP contribution in [0.3, 0.4) is 0 Å². The standard InChI is InChI=1S/C18H25N3O/c1-14-13-16(7-10-19-14)18(22)20-9-4-11-21-12-8-15-5-2-3-6-17(15)21/h2-3,5-6,8,12,14,16,19H,4,7,9-11,13H2,1H3,(H,20,22)/t14-,16-/m0/s1. The summed E-state index contributed by atoms with van der Waals surface area (Å²) in [5.74, 6) is 0.411. The quantitative estimate of drug-likeness (QED) is 0.834. The van der Waals surface area contributed by atoms with E-state index in [-0.39, 0.29) is 11.8 Å². The maximum absolute atomic E-state index is 12.2. The summed E-state index contributed by atoms with van der Waals surface area (Å²) >= 11 is 0. The number of para-hydroxylation sites is 1. The molecule has 0 bridgehead atoms. The lowest BCUT2D eigenvalue weighted by atomic mass is 9.92. The second kappa shape index (κ2) is 6.97. The molecule has 22 heavy (non-hydrogen) atoms. The van der Waals surface area contributed by atoms with E-state index in [1.165, 1.54) is 10.9 Å². The van der Waals surface area contributed by atoms with Crippen LogP contribution in [0.1, 0.15) is 26.2 Å². The van der Waals surface area contributed by atoms with Gasteiger partial charge >= 0.3 is 0 Å². The van der Waals surface area contributed by atoms with Crippen molar-refractivity contribution in [1.29, 1.82) is 0 Å². The molecule has 118 valence electrons. The molecule has 2 aromatic rings. The fourth-order valence-electron chi connectivity index (χ4n) is 3.31. The van der Waals surface area contributed by atoms with Crippen LogP contribution in [0.4, 0.5) is 0 Å². The fraction of sp³-hybridized carbons (Fsp3) is 0.500. The summed E-state index contributed by atoms with van der Waals surface area (Å²) in [7, 11) is 0. The first-order chi connectivity index (χ1) is 10.7. The van der Waals surface area contributed by atoms with Crippen LogP contribution < -0.4 is 10.6 Å². The number of nitrogens with one attached hydrogen (secondary N) is 2. The summed E-state index contributed by atoms with van der Waals surface area (Å²) in [4.78, 5) is 12.2. The molecule has 4 nitrogen and oxygen atoms in total. The fourth-order valence-corrected chi connectivity index (χ4v) is 3.31. The molecule has 1 aliphatic rings. The molecule has 0 spiro atoms. The number of carbonyl (C=O) groups is 1. The molecule has 0 unspecified atom stereocenters. The van der Waals surface area contributed by atoms with E-state index >= 15 is 0 Å². The van der Waals surface area contributed by atoms with Gasteiger partial charge in [0.2, 0.25) is 5.91 Å². The average molecular weight is 299 g/mol. The molecule has 4 heteroatoms. The van der Waals surface area contributed by atoms with E-state index in [9.17, 15) is 4.79 Å². The highest BCUT2D eigenvalue weighted by molar-refractivity contribution is 5.80. The van der Waals surface area contributed by atoms with Crippen molar-refractivity contribution in [3.8, 4) is 0 Å². The maximum Gasteiger partial charge on any atom is 0.223 e. The highest BCUT2D eigenvalue weighted by Crippen LogP contribution is 2.17. The smallest absolute Gasteiger partial charge is 0.223 e. The van der Waals surface area contributed by atoms with Gasteiger partial charge in [0.05, 0.1) is 0 Å². The third-order valence-electron chi connectivity index (χ3n) is 4.55. The molecule has 2 heterocycles. The number of amides is 1. The van der Waals surface area contributed by atoms with Gasteiger partial charge in [0, 0.05) is 36.8 Å². The van der Waals surface area contributed by atoms with Gasteiger partial charge in [-0.05, 0) is 50.2 Å². The van der Waals surface area contributed by atoms with E-state index in [0.29, 0.717) is 6.04 Å². The number of fused-ring (bicyclic) bond motifs is 1. The van der Waals surface area contributed by atoms with Gasteiger partial charge in [0.1, 0.15) is 0 Å². The summed E-state index contributed by atoms with van der Waals surface area (Å²) in [6, 6.07) is 11.0. The van der Waals surface area contributed by atoms with Gasteiger partial charge in [0.25, 0.3) is 0 Å². The zero-order valence-electron chi connectivity index (χ0n) is 13.2. The van der Waals surface area contributed by atoms with Gasteiger partial charge in [-0.1, -0.05) is 18.2 Å². The van der Waals surface area contributed by atoms with Crippen molar-refractivity contribution in [1.82, 2.24) is 15.2 Å².